The molecule has 1 aromatic heterocycles. The zero-order valence-corrected chi connectivity index (χ0v) is 14.1. The van der Waals surface area contributed by atoms with E-state index in [1.165, 1.54) is 12.1 Å². The molecule has 0 saturated heterocycles. The third kappa shape index (κ3) is 3.67. The van der Waals surface area contributed by atoms with Crippen molar-refractivity contribution in [1.82, 2.24) is 4.98 Å². The summed E-state index contributed by atoms with van der Waals surface area (Å²) >= 11 is 17.7. The first-order valence-electron chi connectivity index (χ1n) is 6.62. The molecule has 0 spiro atoms. The largest absolute Gasteiger partial charge is 0.482 e. The minimum absolute atomic E-state index is 0.245. The van der Waals surface area contributed by atoms with Crippen molar-refractivity contribution < 1.29 is 13.9 Å². The number of benzene rings is 2. The standard InChI is InChI=1S/C15H9Cl3N2O4/c16-8-4-10(18)13(5-9(8)17)23-6-14(21)19-7-1-2-12-11(3-7)20-15(22)24-12/h1-5H,6H2,(H,19,21)(H,20,22). The van der Waals surface area contributed by atoms with Crippen molar-refractivity contribution >= 4 is 57.5 Å². The summed E-state index contributed by atoms with van der Waals surface area (Å²) in [6, 6.07) is 7.61. The molecule has 0 bridgehead atoms. The predicted molar refractivity (Wildman–Crippen MR) is 92.4 cm³/mol. The first-order valence-corrected chi connectivity index (χ1v) is 7.76. The van der Waals surface area contributed by atoms with Gasteiger partial charge in [-0.2, -0.15) is 0 Å². The lowest BCUT2D eigenvalue weighted by atomic mass is 10.3. The third-order valence-electron chi connectivity index (χ3n) is 3.04. The summed E-state index contributed by atoms with van der Waals surface area (Å²) in [5.41, 5.74) is 1.36. The third-order valence-corrected chi connectivity index (χ3v) is 4.05. The number of aromatic nitrogens is 1. The van der Waals surface area contributed by atoms with Gasteiger partial charge in [0.2, 0.25) is 0 Å². The SMILES string of the molecule is O=C(COc1cc(Cl)c(Cl)cc1Cl)Nc1ccc2oc(=O)[nH]c2c1. The molecule has 1 amide bonds. The number of hydrogen-bond acceptors (Lipinski definition) is 4. The first kappa shape index (κ1) is 16.7. The minimum Gasteiger partial charge on any atom is -0.482 e. The second-order valence-electron chi connectivity index (χ2n) is 4.76. The normalized spacial score (nSPS) is 10.8. The maximum atomic E-state index is 12.0. The quantitative estimate of drug-likeness (QED) is 0.660. The summed E-state index contributed by atoms with van der Waals surface area (Å²) in [5, 5.41) is 3.44. The minimum atomic E-state index is -0.564. The second kappa shape index (κ2) is 6.76. The summed E-state index contributed by atoms with van der Waals surface area (Å²) in [4.78, 5) is 25.6. The van der Waals surface area contributed by atoms with Crippen LogP contribution in [0.25, 0.3) is 11.1 Å². The molecule has 0 fully saturated rings. The van der Waals surface area contributed by atoms with Crippen LogP contribution in [0.5, 0.6) is 5.75 Å². The van der Waals surface area contributed by atoms with Gasteiger partial charge in [0.25, 0.3) is 5.91 Å². The number of nitrogens with one attached hydrogen (secondary N) is 2. The number of rotatable bonds is 4. The molecule has 2 N–H and O–H groups in total. The van der Waals surface area contributed by atoms with Crippen molar-refractivity contribution in [2.45, 2.75) is 0 Å². The molecule has 9 heteroatoms. The van der Waals surface area contributed by atoms with Crippen LogP contribution in [0.4, 0.5) is 5.69 Å². The Labute approximate surface area is 150 Å². The second-order valence-corrected chi connectivity index (χ2v) is 5.98. The Bertz CT molecular complexity index is 980. The number of carbonyl (C=O) groups is 1. The Balaban J connectivity index is 1.66. The zero-order valence-electron chi connectivity index (χ0n) is 11.9. The number of halogens is 3. The van der Waals surface area contributed by atoms with Gasteiger partial charge in [-0.15, -0.1) is 0 Å². The fraction of sp³-hybridized carbons (Fsp3) is 0.0667. The number of carbonyl (C=O) groups excluding carboxylic acids is 1. The van der Waals surface area contributed by atoms with Gasteiger partial charge in [-0.05, 0) is 24.3 Å². The van der Waals surface area contributed by atoms with E-state index in [1.54, 1.807) is 18.2 Å². The van der Waals surface area contributed by atoms with E-state index in [-0.39, 0.29) is 22.4 Å². The highest BCUT2D eigenvalue weighted by atomic mass is 35.5. The molecule has 0 aliphatic rings. The smallest absolute Gasteiger partial charge is 0.417 e. The predicted octanol–water partition coefficient (Wildman–Crippen LogP) is 4.10. The van der Waals surface area contributed by atoms with Gasteiger partial charge in [-0.3, -0.25) is 9.78 Å². The van der Waals surface area contributed by atoms with Crippen LogP contribution < -0.4 is 15.8 Å². The average molecular weight is 388 g/mol. The van der Waals surface area contributed by atoms with Crippen LogP contribution in [0.15, 0.2) is 39.5 Å². The van der Waals surface area contributed by atoms with Gasteiger partial charge in [0, 0.05) is 11.8 Å². The lowest BCUT2D eigenvalue weighted by molar-refractivity contribution is -0.118. The van der Waals surface area contributed by atoms with Gasteiger partial charge in [-0.25, -0.2) is 4.79 Å². The van der Waals surface area contributed by atoms with Crippen LogP contribution in [-0.4, -0.2) is 17.5 Å². The lowest BCUT2D eigenvalue weighted by Crippen LogP contribution is -2.20. The molecule has 124 valence electrons. The fourth-order valence-corrected chi connectivity index (χ4v) is 2.58. The van der Waals surface area contributed by atoms with E-state index in [4.69, 9.17) is 44.0 Å². The molecule has 0 aliphatic carbocycles. The number of fused-ring (bicyclic) bond motifs is 1. The van der Waals surface area contributed by atoms with Crippen molar-refractivity contribution in [2.24, 2.45) is 0 Å². The molecule has 0 saturated carbocycles. The molecule has 1 heterocycles. The Kier molecular flexibility index (Phi) is 4.71. The van der Waals surface area contributed by atoms with Crippen molar-refractivity contribution in [3.8, 4) is 5.75 Å². The van der Waals surface area contributed by atoms with Crippen LogP contribution in [0.2, 0.25) is 15.1 Å². The molecule has 2 aromatic carbocycles. The van der Waals surface area contributed by atoms with Crippen molar-refractivity contribution in [3.05, 3.63) is 56.0 Å². The number of ether oxygens (including phenoxy) is 1. The average Bonchev–Trinajstić information content (AvgIpc) is 2.89. The Hall–Kier alpha value is -2.15. The van der Waals surface area contributed by atoms with Gasteiger partial charge < -0.3 is 14.5 Å². The molecule has 0 radical (unpaired) electrons. The van der Waals surface area contributed by atoms with E-state index in [0.717, 1.165) is 0 Å². The number of hydrogen-bond donors (Lipinski definition) is 2. The van der Waals surface area contributed by atoms with Crippen molar-refractivity contribution in [3.63, 3.8) is 0 Å². The van der Waals surface area contributed by atoms with Crippen LogP contribution in [0.1, 0.15) is 0 Å². The molecule has 0 unspecified atom stereocenters. The van der Waals surface area contributed by atoms with E-state index in [2.05, 4.69) is 10.3 Å². The molecule has 0 aliphatic heterocycles. The maximum Gasteiger partial charge on any atom is 0.417 e. The molecule has 0 atom stereocenters. The number of oxazole rings is 1. The van der Waals surface area contributed by atoms with Gasteiger partial charge >= 0.3 is 5.76 Å². The molecule has 6 nitrogen and oxygen atoms in total. The van der Waals surface area contributed by atoms with Crippen LogP contribution in [0.3, 0.4) is 0 Å². The fourth-order valence-electron chi connectivity index (χ4n) is 1.99. The number of aromatic amines is 1. The first-order chi connectivity index (χ1) is 11.4. The molecule has 3 rings (SSSR count). The summed E-state index contributed by atoms with van der Waals surface area (Å²) in [6.45, 7) is -0.280. The monoisotopic (exact) mass is 386 g/mol. The summed E-state index contributed by atoms with van der Waals surface area (Å²) in [6.07, 6.45) is 0. The number of anilines is 1. The lowest BCUT2D eigenvalue weighted by Gasteiger charge is -2.10. The van der Waals surface area contributed by atoms with E-state index in [9.17, 15) is 9.59 Å². The zero-order chi connectivity index (χ0) is 17.3. The van der Waals surface area contributed by atoms with Gasteiger partial charge in [0.15, 0.2) is 12.2 Å². The number of H-pyrrole nitrogens is 1. The van der Waals surface area contributed by atoms with E-state index < -0.39 is 11.7 Å². The van der Waals surface area contributed by atoms with Crippen LogP contribution >= 0.6 is 34.8 Å². The summed E-state index contributed by atoms with van der Waals surface area (Å²) in [5.74, 6) is -0.732. The Morgan fingerprint density at radius 1 is 1.12 bits per heavy atom. The van der Waals surface area contributed by atoms with Crippen LogP contribution in [-0.2, 0) is 4.79 Å². The summed E-state index contributed by atoms with van der Waals surface area (Å²) < 4.78 is 10.2. The van der Waals surface area contributed by atoms with E-state index in [0.29, 0.717) is 21.8 Å². The molecule has 3 aromatic rings. The highest BCUT2D eigenvalue weighted by Gasteiger charge is 2.10. The topological polar surface area (TPSA) is 84.3 Å². The summed E-state index contributed by atoms with van der Waals surface area (Å²) in [7, 11) is 0. The Morgan fingerprint density at radius 2 is 1.88 bits per heavy atom. The molecule has 24 heavy (non-hydrogen) atoms. The highest BCUT2D eigenvalue weighted by Crippen LogP contribution is 2.33. The van der Waals surface area contributed by atoms with E-state index >= 15 is 0 Å². The van der Waals surface area contributed by atoms with Gasteiger partial charge in [0.05, 0.1) is 20.6 Å². The molecular formula is C15H9Cl3N2O4. The van der Waals surface area contributed by atoms with Crippen molar-refractivity contribution in [1.29, 1.82) is 0 Å². The Morgan fingerprint density at radius 3 is 2.67 bits per heavy atom. The maximum absolute atomic E-state index is 12.0. The van der Waals surface area contributed by atoms with E-state index in [1.807, 2.05) is 0 Å². The number of amides is 1. The highest BCUT2D eigenvalue weighted by molar-refractivity contribution is 6.43. The van der Waals surface area contributed by atoms with Gasteiger partial charge in [-0.1, -0.05) is 34.8 Å². The van der Waals surface area contributed by atoms with Crippen LogP contribution in [0, 0.1) is 0 Å². The van der Waals surface area contributed by atoms with Gasteiger partial charge in [0.1, 0.15) is 5.75 Å². The molecular weight excluding hydrogens is 379 g/mol. The van der Waals surface area contributed by atoms with Crippen molar-refractivity contribution in [2.75, 3.05) is 11.9 Å².